The second-order valence-corrected chi connectivity index (χ2v) is 6.07. The van der Waals surface area contributed by atoms with Crippen molar-refractivity contribution in [3.05, 3.63) is 66.4 Å². The van der Waals surface area contributed by atoms with E-state index >= 15 is 0 Å². The number of hydrogen-bond acceptors (Lipinski definition) is 3. The number of para-hydroxylation sites is 2. The van der Waals surface area contributed by atoms with Gasteiger partial charge in [0.1, 0.15) is 5.82 Å². The molecule has 2 N–H and O–H groups in total. The summed E-state index contributed by atoms with van der Waals surface area (Å²) in [5.74, 6) is 0.815. The smallest absolute Gasteiger partial charge is 0.181 e. The molecule has 0 amide bonds. The molecule has 5 aromatic rings. The van der Waals surface area contributed by atoms with E-state index in [4.69, 9.17) is 9.97 Å². The van der Waals surface area contributed by atoms with E-state index in [1.807, 2.05) is 49.4 Å². The number of pyridine rings is 1. The third kappa shape index (κ3) is 2.21. The van der Waals surface area contributed by atoms with E-state index in [1.165, 1.54) is 0 Å². The lowest BCUT2D eigenvalue weighted by Crippen LogP contribution is -1.92. The molecule has 0 fully saturated rings. The SMILES string of the molecule is Cc1[nH]nc2nc(-c3ccccc3)c(-c3nc4ccccc4[nH]3)cc12. The highest BCUT2D eigenvalue weighted by atomic mass is 15.1. The van der Waals surface area contributed by atoms with Gasteiger partial charge in [-0.3, -0.25) is 5.10 Å². The fourth-order valence-corrected chi connectivity index (χ4v) is 3.14. The Kier molecular flexibility index (Phi) is 2.94. The molecule has 5 nitrogen and oxygen atoms in total. The lowest BCUT2D eigenvalue weighted by Gasteiger charge is -2.07. The zero-order valence-corrected chi connectivity index (χ0v) is 13.6. The number of fused-ring (bicyclic) bond motifs is 2. The van der Waals surface area contributed by atoms with Gasteiger partial charge in [-0.25, -0.2) is 9.97 Å². The van der Waals surface area contributed by atoms with Crippen LogP contribution in [0.3, 0.4) is 0 Å². The molecule has 3 aromatic heterocycles. The predicted octanol–water partition coefficient (Wildman–Crippen LogP) is 4.48. The molecule has 5 rings (SSSR count). The van der Waals surface area contributed by atoms with Crippen molar-refractivity contribution in [3.63, 3.8) is 0 Å². The number of hydrogen-bond donors (Lipinski definition) is 2. The van der Waals surface area contributed by atoms with Crippen molar-refractivity contribution < 1.29 is 0 Å². The molecule has 25 heavy (non-hydrogen) atoms. The summed E-state index contributed by atoms with van der Waals surface area (Å²) in [6.45, 7) is 2.00. The molecule has 0 saturated carbocycles. The molecule has 0 atom stereocenters. The molecular weight excluding hydrogens is 310 g/mol. The van der Waals surface area contributed by atoms with Gasteiger partial charge in [-0.1, -0.05) is 42.5 Å². The maximum Gasteiger partial charge on any atom is 0.181 e. The molecular formula is C20H15N5. The molecule has 0 aliphatic heterocycles. The Bertz CT molecular complexity index is 1170. The maximum absolute atomic E-state index is 4.81. The molecule has 0 bridgehead atoms. The van der Waals surface area contributed by atoms with Gasteiger partial charge >= 0.3 is 0 Å². The monoisotopic (exact) mass is 325 g/mol. The molecule has 2 aromatic carbocycles. The van der Waals surface area contributed by atoms with Gasteiger partial charge in [0.25, 0.3) is 0 Å². The van der Waals surface area contributed by atoms with E-state index in [-0.39, 0.29) is 0 Å². The standard InChI is InChI=1S/C20H15N5/c1-12-14-11-15(19-21-16-9-5-6-10-17(16)22-19)18(23-20(14)25-24-12)13-7-3-2-4-8-13/h2-11H,1H3,(H,21,22)(H,23,24,25). The molecule has 3 heterocycles. The number of rotatable bonds is 2. The Hall–Kier alpha value is -3.47. The van der Waals surface area contributed by atoms with E-state index in [2.05, 4.69) is 33.4 Å². The molecule has 0 unspecified atom stereocenters. The fraction of sp³-hybridized carbons (Fsp3) is 0.0500. The van der Waals surface area contributed by atoms with E-state index in [0.29, 0.717) is 0 Å². The van der Waals surface area contributed by atoms with Gasteiger partial charge in [-0.2, -0.15) is 5.10 Å². The molecule has 0 radical (unpaired) electrons. The van der Waals surface area contributed by atoms with Crippen molar-refractivity contribution in [2.24, 2.45) is 0 Å². The summed E-state index contributed by atoms with van der Waals surface area (Å²) >= 11 is 0. The zero-order chi connectivity index (χ0) is 16.8. The maximum atomic E-state index is 4.81. The van der Waals surface area contributed by atoms with Crippen LogP contribution in [0.4, 0.5) is 0 Å². The Balaban J connectivity index is 1.84. The molecule has 0 saturated heterocycles. The minimum Gasteiger partial charge on any atom is -0.338 e. The highest BCUT2D eigenvalue weighted by molar-refractivity contribution is 5.91. The third-order valence-electron chi connectivity index (χ3n) is 4.43. The number of nitrogens with zero attached hydrogens (tertiary/aromatic N) is 3. The first-order valence-corrected chi connectivity index (χ1v) is 8.16. The van der Waals surface area contributed by atoms with Crippen LogP contribution < -0.4 is 0 Å². The van der Waals surface area contributed by atoms with Crippen molar-refractivity contribution in [1.29, 1.82) is 0 Å². The van der Waals surface area contributed by atoms with Gasteiger partial charge in [0, 0.05) is 22.2 Å². The number of aryl methyl sites for hydroxylation is 1. The van der Waals surface area contributed by atoms with Gasteiger partial charge < -0.3 is 4.98 Å². The van der Waals surface area contributed by atoms with Crippen LogP contribution in [-0.2, 0) is 0 Å². The fourth-order valence-electron chi connectivity index (χ4n) is 3.14. The van der Waals surface area contributed by atoms with Crippen molar-refractivity contribution >= 4 is 22.1 Å². The van der Waals surface area contributed by atoms with Crippen LogP contribution in [-0.4, -0.2) is 25.1 Å². The highest BCUT2D eigenvalue weighted by Crippen LogP contribution is 2.33. The first kappa shape index (κ1) is 13.9. The van der Waals surface area contributed by atoms with Crippen molar-refractivity contribution in [2.75, 3.05) is 0 Å². The number of imidazole rings is 1. The largest absolute Gasteiger partial charge is 0.338 e. The van der Waals surface area contributed by atoms with Crippen molar-refractivity contribution in [2.45, 2.75) is 6.92 Å². The molecule has 0 spiro atoms. The average molecular weight is 325 g/mol. The van der Waals surface area contributed by atoms with Gasteiger partial charge in [0.2, 0.25) is 0 Å². The average Bonchev–Trinajstić information content (AvgIpc) is 3.25. The van der Waals surface area contributed by atoms with Crippen LogP contribution in [0.1, 0.15) is 5.69 Å². The summed E-state index contributed by atoms with van der Waals surface area (Å²) in [6, 6.07) is 20.3. The summed E-state index contributed by atoms with van der Waals surface area (Å²) in [5, 5.41) is 8.34. The van der Waals surface area contributed by atoms with E-state index in [1.54, 1.807) is 0 Å². The van der Waals surface area contributed by atoms with Crippen LogP contribution in [0, 0.1) is 6.92 Å². The molecule has 0 aliphatic carbocycles. The van der Waals surface area contributed by atoms with Crippen molar-refractivity contribution in [3.8, 4) is 22.6 Å². The zero-order valence-electron chi connectivity index (χ0n) is 13.6. The van der Waals surface area contributed by atoms with Gasteiger partial charge in [-0.05, 0) is 25.1 Å². The van der Waals surface area contributed by atoms with Crippen LogP contribution in [0.2, 0.25) is 0 Å². The second-order valence-electron chi connectivity index (χ2n) is 6.07. The highest BCUT2D eigenvalue weighted by Gasteiger charge is 2.16. The van der Waals surface area contributed by atoms with E-state index < -0.39 is 0 Å². The van der Waals surface area contributed by atoms with E-state index in [0.717, 1.165) is 50.4 Å². The summed E-state index contributed by atoms with van der Waals surface area (Å²) in [7, 11) is 0. The Morgan fingerprint density at radius 1 is 0.880 bits per heavy atom. The number of benzene rings is 2. The number of H-pyrrole nitrogens is 2. The first-order valence-electron chi connectivity index (χ1n) is 8.16. The molecule has 5 heteroatoms. The third-order valence-corrected chi connectivity index (χ3v) is 4.43. The Morgan fingerprint density at radius 3 is 2.52 bits per heavy atom. The lowest BCUT2D eigenvalue weighted by molar-refractivity contribution is 1.06. The predicted molar refractivity (Wildman–Crippen MR) is 99.1 cm³/mol. The topological polar surface area (TPSA) is 70.2 Å². The van der Waals surface area contributed by atoms with Crippen LogP contribution in [0.5, 0.6) is 0 Å². The molecule has 120 valence electrons. The Morgan fingerprint density at radius 2 is 1.68 bits per heavy atom. The van der Waals surface area contributed by atoms with Gasteiger partial charge in [0.05, 0.1) is 16.7 Å². The summed E-state index contributed by atoms with van der Waals surface area (Å²) in [4.78, 5) is 13.0. The van der Waals surface area contributed by atoms with Crippen LogP contribution in [0.15, 0.2) is 60.7 Å². The first-order chi connectivity index (χ1) is 12.3. The van der Waals surface area contributed by atoms with Crippen molar-refractivity contribution in [1.82, 2.24) is 25.1 Å². The second kappa shape index (κ2) is 5.27. The van der Waals surface area contributed by atoms with E-state index in [9.17, 15) is 0 Å². The number of aromatic nitrogens is 5. The summed E-state index contributed by atoms with van der Waals surface area (Å²) in [5.41, 5.74) is 6.57. The summed E-state index contributed by atoms with van der Waals surface area (Å²) in [6.07, 6.45) is 0. The number of aromatic amines is 2. The molecule has 0 aliphatic rings. The minimum absolute atomic E-state index is 0.719. The Labute approximate surface area is 143 Å². The minimum atomic E-state index is 0.719. The van der Waals surface area contributed by atoms with Crippen LogP contribution >= 0.6 is 0 Å². The van der Waals surface area contributed by atoms with Gasteiger partial charge in [-0.15, -0.1) is 0 Å². The summed E-state index contributed by atoms with van der Waals surface area (Å²) < 4.78 is 0. The van der Waals surface area contributed by atoms with Gasteiger partial charge in [0.15, 0.2) is 5.65 Å². The normalized spacial score (nSPS) is 11.4. The lowest BCUT2D eigenvalue weighted by atomic mass is 10.0. The quantitative estimate of drug-likeness (QED) is 0.503. The van der Waals surface area contributed by atoms with Crippen LogP contribution in [0.25, 0.3) is 44.7 Å². The number of nitrogens with one attached hydrogen (secondary N) is 2.